The molecule has 1 aromatic rings. The summed E-state index contributed by atoms with van der Waals surface area (Å²) in [5.74, 6) is 0.0495. The molecule has 2 nitrogen and oxygen atoms in total. The Labute approximate surface area is 103 Å². The number of nitrogens with zero attached hydrogens (tertiary/aromatic N) is 1. The standard InChI is InChI=1S/C15H19NO/c1-10-6-11(2)14(12(3)7-10)15(5,9-16)8-13(4)17/h6-7H,8H2,1-5H3. The molecule has 0 fully saturated rings. The maximum Gasteiger partial charge on any atom is 0.131 e. The largest absolute Gasteiger partial charge is 0.300 e. The lowest BCUT2D eigenvalue weighted by Crippen LogP contribution is -2.25. The Kier molecular flexibility index (Phi) is 3.72. The van der Waals surface area contributed by atoms with Crippen LogP contribution in [0.2, 0.25) is 0 Å². The number of rotatable bonds is 3. The van der Waals surface area contributed by atoms with E-state index in [0.29, 0.717) is 0 Å². The molecule has 0 aliphatic heterocycles. The Morgan fingerprint density at radius 2 is 1.76 bits per heavy atom. The smallest absolute Gasteiger partial charge is 0.131 e. The summed E-state index contributed by atoms with van der Waals surface area (Å²) in [4.78, 5) is 11.3. The summed E-state index contributed by atoms with van der Waals surface area (Å²) in [6.07, 6.45) is 0.272. The van der Waals surface area contributed by atoms with E-state index in [4.69, 9.17) is 0 Å². The molecular weight excluding hydrogens is 210 g/mol. The Morgan fingerprint density at radius 3 is 2.12 bits per heavy atom. The van der Waals surface area contributed by atoms with E-state index in [1.165, 1.54) is 12.5 Å². The Bertz CT molecular complexity index is 473. The summed E-state index contributed by atoms with van der Waals surface area (Å²) < 4.78 is 0. The van der Waals surface area contributed by atoms with Gasteiger partial charge in [0.1, 0.15) is 5.78 Å². The number of nitriles is 1. The van der Waals surface area contributed by atoms with E-state index >= 15 is 0 Å². The molecule has 0 bridgehead atoms. The van der Waals surface area contributed by atoms with Gasteiger partial charge in [0, 0.05) is 6.42 Å². The second kappa shape index (κ2) is 4.71. The number of aryl methyl sites for hydroxylation is 3. The monoisotopic (exact) mass is 229 g/mol. The molecule has 0 heterocycles. The van der Waals surface area contributed by atoms with Gasteiger partial charge in [0.25, 0.3) is 0 Å². The molecule has 0 aliphatic rings. The highest BCUT2D eigenvalue weighted by Gasteiger charge is 2.31. The van der Waals surface area contributed by atoms with Gasteiger partial charge in [0.2, 0.25) is 0 Å². The van der Waals surface area contributed by atoms with Crippen LogP contribution in [0.3, 0.4) is 0 Å². The van der Waals surface area contributed by atoms with E-state index in [-0.39, 0.29) is 12.2 Å². The van der Waals surface area contributed by atoms with Crippen molar-refractivity contribution in [2.24, 2.45) is 0 Å². The molecule has 0 saturated heterocycles. The number of hydrogen-bond donors (Lipinski definition) is 0. The fraction of sp³-hybridized carbons (Fsp3) is 0.467. The fourth-order valence-corrected chi connectivity index (χ4v) is 2.73. The maximum atomic E-state index is 11.3. The fourth-order valence-electron chi connectivity index (χ4n) is 2.73. The third-order valence-electron chi connectivity index (χ3n) is 3.08. The molecular formula is C15H19NO. The Hall–Kier alpha value is -1.62. The molecule has 0 aromatic heterocycles. The van der Waals surface area contributed by atoms with Gasteiger partial charge in [-0.25, -0.2) is 0 Å². The summed E-state index contributed by atoms with van der Waals surface area (Å²) in [7, 11) is 0. The number of carbonyl (C=O) groups is 1. The van der Waals surface area contributed by atoms with Crippen molar-refractivity contribution in [1.82, 2.24) is 0 Å². The van der Waals surface area contributed by atoms with Crippen molar-refractivity contribution >= 4 is 5.78 Å². The van der Waals surface area contributed by atoms with Gasteiger partial charge in [0.15, 0.2) is 0 Å². The molecule has 1 aromatic carbocycles. The van der Waals surface area contributed by atoms with E-state index < -0.39 is 5.41 Å². The highest BCUT2D eigenvalue weighted by atomic mass is 16.1. The average molecular weight is 229 g/mol. The predicted molar refractivity (Wildman–Crippen MR) is 68.9 cm³/mol. The van der Waals surface area contributed by atoms with Crippen molar-refractivity contribution in [3.05, 3.63) is 34.4 Å². The molecule has 1 rings (SSSR count). The number of Topliss-reactive ketones (excluding diaryl/α,β-unsaturated/α-hetero) is 1. The second-order valence-electron chi connectivity index (χ2n) is 5.10. The zero-order chi connectivity index (χ0) is 13.2. The van der Waals surface area contributed by atoms with Crippen molar-refractivity contribution < 1.29 is 4.79 Å². The number of ketones is 1. The molecule has 90 valence electrons. The van der Waals surface area contributed by atoms with Crippen LogP contribution in [0.15, 0.2) is 12.1 Å². The highest BCUT2D eigenvalue weighted by molar-refractivity contribution is 5.78. The molecule has 0 N–H and O–H groups in total. The van der Waals surface area contributed by atoms with E-state index in [0.717, 1.165) is 16.7 Å². The van der Waals surface area contributed by atoms with Gasteiger partial charge in [-0.05, 0) is 51.3 Å². The number of benzene rings is 1. The molecule has 0 radical (unpaired) electrons. The summed E-state index contributed by atoms with van der Waals surface area (Å²) >= 11 is 0. The lowest BCUT2D eigenvalue weighted by molar-refractivity contribution is -0.117. The van der Waals surface area contributed by atoms with Crippen LogP contribution in [0.4, 0.5) is 0 Å². The Balaban J connectivity index is 3.41. The second-order valence-corrected chi connectivity index (χ2v) is 5.10. The van der Waals surface area contributed by atoms with Crippen LogP contribution >= 0.6 is 0 Å². The van der Waals surface area contributed by atoms with Gasteiger partial charge in [-0.2, -0.15) is 5.26 Å². The molecule has 1 atom stereocenters. The third kappa shape index (κ3) is 2.74. The van der Waals surface area contributed by atoms with E-state index in [9.17, 15) is 10.1 Å². The van der Waals surface area contributed by atoms with Crippen LogP contribution in [0.25, 0.3) is 0 Å². The van der Waals surface area contributed by atoms with Gasteiger partial charge in [0.05, 0.1) is 11.5 Å². The number of hydrogen-bond acceptors (Lipinski definition) is 2. The van der Waals surface area contributed by atoms with Crippen LogP contribution < -0.4 is 0 Å². The van der Waals surface area contributed by atoms with Crippen molar-refractivity contribution in [1.29, 1.82) is 5.26 Å². The molecule has 2 heteroatoms. The third-order valence-corrected chi connectivity index (χ3v) is 3.08. The van der Waals surface area contributed by atoms with Crippen LogP contribution in [-0.2, 0) is 10.2 Å². The summed E-state index contributed by atoms with van der Waals surface area (Å²) in [5, 5.41) is 9.40. The average Bonchev–Trinajstić information content (AvgIpc) is 2.14. The Morgan fingerprint density at radius 1 is 1.29 bits per heavy atom. The number of carbonyl (C=O) groups excluding carboxylic acids is 1. The van der Waals surface area contributed by atoms with Gasteiger partial charge in [-0.1, -0.05) is 17.7 Å². The zero-order valence-electron chi connectivity index (χ0n) is 11.2. The van der Waals surface area contributed by atoms with Crippen molar-refractivity contribution in [3.8, 4) is 6.07 Å². The van der Waals surface area contributed by atoms with Crippen molar-refractivity contribution in [2.75, 3.05) is 0 Å². The minimum Gasteiger partial charge on any atom is -0.300 e. The maximum absolute atomic E-state index is 11.3. The van der Waals surface area contributed by atoms with Gasteiger partial charge < -0.3 is 0 Å². The van der Waals surface area contributed by atoms with Crippen LogP contribution in [0.1, 0.15) is 42.5 Å². The topological polar surface area (TPSA) is 40.9 Å². The SMILES string of the molecule is CC(=O)CC(C)(C#N)c1c(C)cc(C)cc1C. The van der Waals surface area contributed by atoms with Crippen LogP contribution in [0, 0.1) is 32.1 Å². The van der Waals surface area contributed by atoms with Crippen LogP contribution in [0.5, 0.6) is 0 Å². The first-order valence-corrected chi connectivity index (χ1v) is 5.79. The minimum absolute atomic E-state index is 0.0495. The summed E-state index contributed by atoms with van der Waals surface area (Å²) in [6.45, 7) is 9.43. The lowest BCUT2D eigenvalue weighted by atomic mass is 9.75. The van der Waals surface area contributed by atoms with Gasteiger partial charge in [-0.15, -0.1) is 0 Å². The van der Waals surface area contributed by atoms with Gasteiger partial charge in [-0.3, -0.25) is 4.79 Å². The summed E-state index contributed by atoms with van der Waals surface area (Å²) in [6, 6.07) is 6.44. The molecule has 0 spiro atoms. The van der Waals surface area contributed by atoms with Crippen molar-refractivity contribution in [2.45, 2.75) is 46.5 Å². The van der Waals surface area contributed by atoms with Crippen molar-refractivity contribution in [3.63, 3.8) is 0 Å². The first-order chi connectivity index (χ1) is 7.80. The predicted octanol–water partition coefficient (Wildman–Crippen LogP) is 3.37. The molecule has 0 amide bonds. The first-order valence-electron chi connectivity index (χ1n) is 5.79. The molecule has 17 heavy (non-hydrogen) atoms. The molecule has 0 aliphatic carbocycles. The van der Waals surface area contributed by atoms with Gasteiger partial charge >= 0.3 is 0 Å². The summed E-state index contributed by atoms with van der Waals surface area (Å²) in [5.41, 5.74) is 3.65. The van der Waals surface area contributed by atoms with E-state index in [2.05, 4.69) is 18.2 Å². The first kappa shape index (κ1) is 13.4. The zero-order valence-corrected chi connectivity index (χ0v) is 11.2. The molecule has 1 unspecified atom stereocenters. The van der Waals surface area contributed by atoms with Crippen LogP contribution in [-0.4, -0.2) is 5.78 Å². The lowest BCUT2D eigenvalue weighted by Gasteiger charge is -2.25. The molecule has 0 saturated carbocycles. The normalized spacial score (nSPS) is 13.9. The highest BCUT2D eigenvalue weighted by Crippen LogP contribution is 2.33. The van der Waals surface area contributed by atoms with E-state index in [1.807, 2.05) is 27.7 Å². The minimum atomic E-state index is -0.715. The quantitative estimate of drug-likeness (QED) is 0.797. The van der Waals surface area contributed by atoms with E-state index in [1.54, 1.807) is 0 Å².